The Labute approximate surface area is 113 Å². The monoisotopic (exact) mass is 254 g/mol. The molecule has 1 aliphatic carbocycles. The van der Waals surface area contributed by atoms with Crippen LogP contribution in [0.2, 0.25) is 0 Å². The van der Waals surface area contributed by atoms with E-state index in [0.717, 1.165) is 18.5 Å². The summed E-state index contributed by atoms with van der Waals surface area (Å²) < 4.78 is 1.89. The molecule has 1 saturated carbocycles. The Morgan fingerprint density at radius 1 is 1.21 bits per heavy atom. The molecule has 1 aliphatic rings. The van der Waals surface area contributed by atoms with Gasteiger partial charge in [0.2, 0.25) is 0 Å². The van der Waals surface area contributed by atoms with Crippen molar-refractivity contribution in [2.75, 3.05) is 0 Å². The number of carbonyl (C=O) groups excluding carboxylic acids is 1. The van der Waals surface area contributed by atoms with Crippen LogP contribution in [0.5, 0.6) is 0 Å². The van der Waals surface area contributed by atoms with E-state index in [9.17, 15) is 4.79 Å². The smallest absolute Gasteiger partial charge is 0.271 e. The van der Waals surface area contributed by atoms with Gasteiger partial charge in [-0.2, -0.15) is 0 Å². The fourth-order valence-corrected chi connectivity index (χ4v) is 2.36. The van der Waals surface area contributed by atoms with E-state index in [2.05, 4.69) is 12.1 Å². The quantitative estimate of drug-likeness (QED) is 0.823. The summed E-state index contributed by atoms with van der Waals surface area (Å²) >= 11 is 0. The van der Waals surface area contributed by atoms with Gasteiger partial charge < -0.3 is 9.47 Å². The van der Waals surface area contributed by atoms with Gasteiger partial charge in [0.25, 0.3) is 5.91 Å². The predicted octanol–water partition coefficient (Wildman–Crippen LogP) is 2.83. The average molecular weight is 254 g/mol. The minimum atomic E-state index is 0.138. The third kappa shape index (κ3) is 2.55. The molecule has 0 N–H and O–H groups in total. The Morgan fingerprint density at radius 3 is 2.53 bits per heavy atom. The van der Waals surface area contributed by atoms with Gasteiger partial charge in [-0.3, -0.25) is 4.79 Å². The lowest BCUT2D eigenvalue weighted by molar-refractivity contribution is 0.0720. The Morgan fingerprint density at radius 2 is 1.95 bits per heavy atom. The molecular weight excluding hydrogens is 236 g/mol. The van der Waals surface area contributed by atoms with E-state index in [1.54, 1.807) is 0 Å². The van der Waals surface area contributed by atoms with Crippen LogP contribution in [-0.4, -0.2) is 21.4 Å². The van der Waals surface area contributed by atoms with Crippen molar-refractivity contribution in [1.82, 2.24) is 9.47 Å². The molecule has 1 fully saturated rings. The van der Waals surface area contributed by atoms with Crippen LogP contribution in [0.1, 0.15) is 28.9 Å². The van der Waals surface area contributed by atoms with Crippen LogP contribution in [0, 0.1) is 0 Å². The number of aryl methyl sites for hydroxylation is 1. The summed E-state index contributed by atoms with van der Waals surface area (Å²) in [6.07, 6.45) is 4.17. The van der Waals surface area contributed by atoms with Gasteiger partial charge in [0.1, 0.15) is 5.69 Å². The molecule has 0 saturated heterocycles. The summed E-state index contributed by atoms with van der Waals surface area (Å²) in [4.78, 5) is 14.6. The van der Waals surface area contributed by atoms with E-state index in [4.69, 9.17) is 0 Å². The number of carbonyl (C=O) groups is 1. The first-order chi connectivity index (χ1) is 9.25. The Balaban J connectivity index is 1.82. The molecule has 1 aromatic carbocycles. The number of amides is 1. The van der Waals surface area contributed by atoms with Gasteiger partial charge in [-0.1, -0.05) is 30.3 Å². The zero-order valence-electron chi connectivity index (χ0n) is 11.1. The van der Waals surface area contributed by atoms with Crippen LogP contribution >= 0.6 is 0 Å². The van der Waals surface area contributed by atoms with Crippen molar-refractivity contribution in [3.63, 3.8) is 0 Å². The maximum absolute atomic E-state index is 12.6. The van der Waals surface area contributed by atoms with Gasteiger partial charge in [0.05, 0.1) is 0 Å². The molecule has 0 spiro atoms. The Kier molecular flexibility index (Phi) is 3.11. The third-order valence-electron chi connectivity index (χ3n) is 3.61. The number of aromatic nitrogens is 1. The highest BCUT2D eigenvalue weighted by molar-refractivity contribution is 5.93. The molecular formula is C16H18N2O. The SMILES string of the molecule is Cn1cccc1C(=O)N(Cc1ccccc1)C1CC1. The lowest BCUT2D eigenvalue weighted by atomic mass is 10.2. The summed E-state index contributed by atoms with van der Waals surface area (Å²) in [7, 11) is 1.92. The van der Waals surface area contributed by atoms with Crippen molar-refractivity contribution in [3.8, 4) is 0 Å². The summed E-state index contributed by atoms with van der Waals surface area (Å²) in [5.41, 5.74) is 1.96. The van der Waals surface area contributed by atoms with Crippen molar-refractivity contribution in [1.29, 1.82) is 0 Å². The van der Waals surface area contributed by atoms with Gasteiger partial charge in [-0.05, 0) is 30.5 Å². The fraction of sp³-hybridized carbons (Fsp3) is 0.312. The lowest BCUT2D eigenvalue weighted by Gasteiger charge is -2.22. The van der Waals surface area contributed by atoms with Crippen LogP contribution in [0.15, 0.2) is 48.7 Å². The summed E-state index contributed by atoms with van der Waals surface area (Å²) in [6.45, 7) is 0.704. The second-order valence-electron chi connectivity index (χ2n) is 5.15. The largest absolute Gasteiger partial charge is 0.347 e. The number of benzene rings is 1. The van der Waals surface area contributed by atoms with Crippen molar-refractivity contribution < 1.29 is 4.79 Å². The molecule has 3 rings (SSSR count). The third-order valence-corrected chi connectivity index (χ3v) is 3.61. The summed E-state index contributed by atoms with van der Waals surface area (Å²) in [5, 5.41) is 0. The minimum Gasteiger partial charge on any atom is -0.347 e. The van der Waals surface area contributed by atoms with E-state index in [-0.39, 0.29) is 5.91 Å². The summed E-state index contributed by atoms with van der Waals surface area (Å²) in [6, 6.07) is 14.4. The molecule has 1 amide bonds. The first-order valence-electron chi connectivity index (χ1n) is 6.72. The van der Waals surface area contributed by atoms with Crippen LogP contribution in [-0.2, 0) is 13.6 Å². The second-order valence-corrected chi connectivity index (χ2v) is 5.15. The van der Waals surface area contributed by atoms with Crippen LogP contribution in [0.3, 0.4) is 0 Å². The molecule has 0 bridgehead atoms. The summed E-state index contributed by atoms with van der Waals surface area (Å²) in [5.74, 6) is 0.138. The molecule has 0 unspecified atom stereocenters. The maximum Gasteiger partial charge on any atom is 0.271 e. The standard InChI is InChI=1S/C16H18N2O/c1-17-11-5-8-15(17)16(19)18(14-9-10-14)12-13-6-3-2-4-7-13/h2-8,11,14H,9-10,12H2,1H3. The number of nitrogens with zero attached hydrogens (tertiary/aromatic N) is 2. The highest BCUT2D eigenvalue weighted by Crippen LogP contribution is 2.29. The zero-order chi connectivity index (χ0) is 13.2. The minimum absolute atomic E-state index is 0.138. The Bertz CT molecular complexity index is 569. The van der Waals surface area contributed by atoms with E-state index < -0.39 is 0 Å². The van der Waals surface area contributed by atoms with E-state index in [1.807, 2.05) is 53.0 Å². The van der Waals surface area contributed by atoms with E-state index in [0.29, 0.717) is 12.6 Å². The van der Waals surface area contributed by atoms with Crippen molar-refractivity contribution in [2.45, 2.75) is 25.4 Å². The Hall–Kier alpha value is -2.03. The second kappa shape index (κ2) is 4.92. The highest BCUT2D eigenvalue weighted by Gasteiger charge is 2.33. The van der Waals surface area contributed by atoms with Crippen LogP contribution in [0.4, 0.5) is 0 Å². The van der Waals surface area contributed by atoms with Gasteiger partial charge in [0.15, 0.2) is 0 Å². The van der Waals surface area contributed by atoms with Crippen molar-refractivity contribution >= 4 is 5.91 Å². The van der Waals surface area contributed by atoms with Gasteiger partial charge in [-0.15, -0.1) is 0 Å². The molecule has 98 valence electrons. The topological polar surface area (TPSA) is 25.2 Å². The molecule has 0 atom stereocenters. The van der Waals surface area contributed by atoms with Gasteiger partial charge in [0, 0.05) is 25.8 Å². The highest BCUT2D eigenvalue weighted by atomic mass is 16.2. The first kappa shape index (κ1) is 12.0. The number of hydrogen-bond donors (Lipinski definition) is 0. The van der Waals surface area contributed by atoms with Crippen LogP contribution < -0.4 is 0 Å². The maximum atomic E-state index is 12.6. The fourth-order valence-electron chi connectivity index (χ4n) is 2.36. The molecule has 2 aromatic rings. The molecule has 1 aromatic heterocycles. The number of rotatable bonds is 4. The normalized spacial score (nSPS) is 14.4. The van der Waals surface area contributed by atoms with E-state index >= 15 is 0 Å². The van der Waals surface area contributed by atoms with Crippen LogP contribution in [0.25, 0.3) is 0 Å². The average Bonchev–Trinajstić information content (AvgIpc) is 3.18. The molecule has 3 heteroatoms. The molecule has 0 radical (unpaired) electrons. The molecule has 0 aliphatic heterocycles. The van der Waals surface area contributed by atoms with Gasteiger partial charge >= 0.3 is 0 Å². The zero-order valence-corrected chi connectivity index (χ0v) is 11.1. The first-order valence-corrected chi connectivity index (χ1v) is 6.72. The van der Waals surface area contributed by atoms with Gasteiger partial charge in [-0.25, -0.2) is 0 Å². The molecule has 19 heavy (non-hydrogen) atoms. The number of hydrogen-bond acceptors (Lipinski definition) is 1. The molecule has 1 heterocycles. The van der Waals surface area contributed by atoms with E-state index in [1.165, 1.54) is 5.56 Å². The molecule has 3 nitrogen and oxygen atoms in total. The van der Waals surface area contributed by atoms with Crippen molar-refractivity contribution in [2.24, 2.45) is 7.05 Å². The lowest BCUT2D eigenvalue weighted by Crippen LogP contribution is -2.33. The predicted molar refractivity (Wildman–Crippen MR) is 74.8 cm³/mol. The van der Waals surface area contributed by atoms with Crippen molar-refractivity contribution in [3.05, 3.63) is 59.9 Å².